The average Bonchev–Trinajstić information content (AvgIpc) is 2.49. The van der Waals surface area contributed by atoms with Crippen molar-refractivity contribution in [3.63, 3.8) is 0 Å². The molecule has 21 heavy (non-hydrogen) atoms. The van der Waals surface area contributed by atoms with Crippen LogP contribution in [-0.2, 0) is 9.59 Å². The molecule has 2 N–H and O–H groups in total. The Morgan fingerprint density at radius 3 is 2.48 bits per heavy atom. The first-order chi connectivity index (χ1) is 9.99. The number of nitrogens with two attached hydrogens (primary N) is 1. The van der Waals surface area contributed by atoms with Gasteiger partial charge in [0.05, 0.1) is 0 Å². The van der Waals surface area contributed by atoms with Gasteiger partial charge in [-0.05, 0) is 38.3 Å². The zero-order chi connectivity index (χ0) is 15.4. The predicted octanol–water partition coefficient (Wildman–Crippen LogP) is 1.49. The molecule has 5 heteroatoms. The van der Waals surface area contributed by atoms with E-state index in [0.717, 1.165) is 11.3 Å². The van der Waals surface area contributed by atoms with Crippen LogP contribution in [0.15, 0.2) is 24.3 Å². The van der Waals surface area contributed by atoms with Gasteiger partial charge in [-0.3, -0.25) is 9.59 Å². The highest BCUT2D eigenvalue weighted by Gasteiger charge is 2.29. The Labute approximate surface area is 125 Å². The normalized spacial score (nSPS) is 17.3. The molecule has 1 aliphatic heterocycles. The van der Waals surface area contributed by atoms with Crippen molar-refractivity contribution < 1.29 is 14.3 Å². The fourth-order valence-corrected chi connectivity index (χ4v) is 2.57. The third-order valence-electron chi connectivity index (χ3n) is 3.95. The van der Waals surface area contributed by atoms with Crippen LogP contribution in [0.4, 0.5) is 0 Å². The number of hydrogen-bond donors (Lipinski definition) is 1. The first kappa shape index (κ1) is 15.4. The van der Waals surface area contributed by atoms with E-state index in [2.05, 4.69) is 0 Å². The molecule has 1 heterocycles. The molecule has 2 rings (SSSR count). The number of carbonyl (C=O) groups excluding carboxylic acids is 2. The maximum Gasteiger partial charge on any atom is 0.263 e. The Bertz CT molecular complexity index is 522. The van der Waals surface area contributed by atoms with Crippen LogP contribution in [0.25, 0.3) is 0 Å². The lowest BCUT2D eigenvalue weighted by Gasteiger charge is -2.32. The number of hydrogen-bond acceptors (Lipinski definition) is 3. The second-order valence-corrected chi connectivity index (χ2v) is 5.53. The minimum absolute atomic E-state index is 0.0406. The second-order valence-electron chi connectivity index (χ2n) is 5.53. The molecule has 1 atom stereocenters. The maximum absolute atomic E-state index is 12.4. The fraction of sp³-hybridized carbons (Fsp3) is 0.500. The number of benzene rings is 1. The maximum atomic E-state index is 12.4. The van der Waals surface area contributed by atoms with Gasteiger partial charge in [0.1, 0.15) is 5.75 Å². The van der Waals surface area contributed by atoms with Crippen molar-refractivity contribution in [2.75, 3.05) is 13.1 Å². The number of para-hydroxylation sites is 1. The van der Waals surface area contributed by atoms with Crippen molar-refractivity contribution in [1.82, 2.24) is 4.90 Å². The number of aryl methyl sites for hydroxylation is 1. The molecule has 0 bridgehead atoms. The van der Waals surface area contributed by atoms with Crippen molar-refractivity contribution in [1.29, 1.82) is 0 Å². The smallest absolute Gasteiger partial charge is 0.263 e. The van der Waals surface area contributed by atoms with Crippen molar-refractivity contribution >= 4 is 11.8 Å². The summed E-state index contributed by atoms with van der Waals surface area (Å²) >= 11 is 0. The van der Waals surface area contributed by atoms with Gasteiger partial charge >= 0.3 is 0 Å². The summed E-state index contributed by atoms with van der Waals surface area (Å²) in [5.74, 6) is 0.305. The van der Waals surface area contributed by atoms with E-state index in [1.807, 2.05) is 31.2 Å². The summed E-state index contributed by atoms with van der Waals surface area (Å²) in [5.41, 5.74) is 6.30. The quantitative estimate of drug-likeness (QED) is 0.913. The molecule has 0 aliphatic carbocycles. The molecule has 1 saturated heterocycles. The number of amides is 2. The molecule has 0 spiro atoms. The molecule has 0 aromatic heterocycles. The Kier molecular flexibility index (Phi) is 4.83. The van der Waals surface area contributed by atoms with Gasteiger partial charge in [-0.1, -0.05) is 18.2 Å². The lowest BCUT2D eigenvalue weighted by molar-refractivity contribution is -0.140. The van der Waals surface area contributed by atoms with Crippen molar-refractivity contribution in [3.05, 3.63) is 29.8 Å². The standard InChI is InChI=1S/C16H22N2O3/c1-11-5-3-4-6-14(11)21-12(2)16(20)18-9-7-13(8-10-18)15(17)19/h3-6,12-13H,7-10H2,1-2H3,(H2,17,19)/t12-/m1/s1. The summed E-state index contributed by atoms with van der Waals surface area (Å²) in [6.07, 6.45) is 0.743. The monoisotopic (exact) mass is 290 g/mol. The predicted molar refractivity (Wildman–Crippen MR) is 79.8 cm³/mol. The van der Waals surface area contributed by atoms with Crippen molar-refractivity contribution in [2.45, 2.75) is 32.8 Å². The Balaban J connectivity index is 1.92. The summed E-state index contributed by atoms with van der Waals surface area (Å²) in [6, 6.07) is 7.63. The van der Waals surface area contributed by atoms with E-state index in [-0.39, 0.29) is 17.7 Å². The van der Waals surface area contributed by atoms with E-state index >= 15 is 0 Å². The van der Waals surface area contributed by atoms with Crippen LogP contribution in [0.5, 0.6) is 5.75 Å². The Hall–Kier alpha value is -2.04. The van der Waals surface area contributed by atoms with E-state index in [1.165, 1.54) is 0 Å². The highest BCUT2D eigenvalue weighted by atomic mass is 16.5. The second kappa shape index (κ2) is 6.61. The van der Waals surface area contributed by atoms with Crippen LogP contribution in [0, 0.1) is 12.8 Å². The van der Waals surface area contributed by atoms with E-state index in [9.17, 15) is 9.59 Å². The highest BCUT2D eigenvalue weighted by Crippen LogP contribution is 2.21. The van der Waals surface area contributed by atoms with Crippen LogP contribution in [-0.4, -0.2) is 35.9 Å². The molecular weight excluding hydrogens is 268 g/mol. The SMILES string of the molecule is Cc1ccccc1O[C@H](C)C(=O)N1CCC(C(N)=O)CC1. The van der Waals surface area contributed by atoms with Crippen LogP contribution in [0.1, 0.15) is 25.3 Å². The largest absolute Gasteiger partial charge is 0.481 e. The van der Waals surface area contributed by atoms with Crippen LogP contribution in [0.2, 0.25) is 0 Å². The summed E-state index contributed by atoms with van der Waals surface area (Å²) < 4.78 is 5.75. The first-order valence-electron chi connectivity index (χ1n) is 7.29. The summed E-state index contributed by atoms with van der Waals surface area (Å²) in [7, 11) is 0. The third kappa shape index (κ3) is 3.74. The molecule has 1 fully saturated rings. The number of likely N-dealkylation sites (tertiary alicyclic amines) is 1. The molecular formula is C16H22N2O3. The molecule has 1 aromatic carbocycles. The number of ether oxygens (including phenoxy) is 1. The van der Waals surface area contributed by atoms with Crippen LogP contribution in [0.3, 0.4) is 0 Å². The number of carbonyl (C=O) groups is 2. The minimum atomic E-state index is -0.531. The van der Waals surface area contributed by atoms with Crippen LogP contribution >= 0.6 is 0 Å². The highest BCUT2D eigenvalue weighted by molar-refractivity contribution is 5.82. The van der Waals surface area contributed by atoms with Gasteiger partial charge in [0.15, 0.2) is 6.10 Å². The molecule has 2 amide bonds. The van der Waals surface area contributed by atoms with Gasteiger partial charge in [0.2, 0.25) is 5.91 Å². The number of rotatable bonds is 4. The zero-order valence-electron chi connectivity index (χ0n) is 12.5. The van der Waals surface area contributed by atoms with Gasteiger partial charge in [0, 0.05) is 19.0 Å². The first-order valence-corrected chi connectivity index (χ1v) is 7.29. The number of nitrogens with zero attached hydrogens (tertiary/aromatic N) is 1. The molecule has 114 valence electrons. The van der Waals surface area contributed by atoms with Crippen molar-refractivity contribution in [2.24, 2.45) is 11.7 Å². The van der Waals surface area contributed by atoms with E-state index in [1.54, 1.807) is 11.8 Å². The number of piperidine rings is 1. The summed E-state index contributed by atoms with van der Waals surface area (Å²) in [6.45, 7) is 4.83. The van der Waals surface area contributed by atoms with Crippen molar-refractivity contribution in [3.8, 4) is 5.75 Å². The third-order valence-corrected chi connectivity index (χ3v) is 3.95. The Morgan fingerprint density at radius 2 is 1.90 bits per heavy atom. The van der Waals surface area contributed by atoms with E-state index < -0.39 is 6.10 Å². The van der Waals surface area contributed by atoms with Gasteiger partial charge in [0.25, 0.3) is 5.91 Å². The van der Waals surface area contributed by atoms with E-state index in [4.69, 9.17) is 10.5 Å². The summed E-state index contributed by atoms with van der Waals surface area (Å²) in [4.78, 5) is 25.3. The molecule has 0 unspecified atom stereocenters. The van der Waals surface area contributed by atoms with E-state index in [0.29, 0.717) is 25.9 Å². The summed E-state index contributed by atoms with van der Waals surface area (Å²) in [5, 5.41) is 0. The van der Waals surface area contributed by atoms with Gasteiger partial charge in [-0.15, -0.1) is 0 Å². The molecule has 5 nitrogen and oxygen atoms in total. The molecule has 0 radical (unpaired) electrons. The lowest BCUT2D eigenvalue weighted by atomic mass is 9.96. The molecule has 0 saturated carbocycles. The molecule has 1 aromatic rings. The Morgan fingerprint density at radius 1 is 1.29 bits per heavy atom. The lowest BCUT2D eigenvalue weighted by Crippen LogP contribution is -2.46. The zero-order valence-corrected chi connectivity index (χ0v) is 12.5. The van der Waals surface area contributed by atoms with Gasteiger partial charge in [-0.2, -0.15) is 0 Å². The fourth-order valence-electron chi connectivity index (χ4n) is 2.57. The van der Waals surface area contributed by atoms with Gasteiger partial charge in [-0.25, -0.2) is 0 Å². The van der Waals surface area contributed by atoms with Gasteiger partial charge < -0.3 is 15.4 Å². The number of primary amides is 1. The average molecular weight is 290 g/mol. The molecule has 1 aliphatic rings. The van der Waals surface area contributed by atoms with Crippen LogP contribution < -0.4 is 10.5 Å². The topological polar surface area (TPSA) is 72.6 Å². The minimum Gasteiger partial charge on any atom is -0.481 e.